The summed E-state index contributed by atoms with van der Waals surface area (Å²) < 4.78 is 31.0. The minimum Gasteiger partial charge on any atom is -0.465 e. The van der Waals surface area contributed by atoms with Crippen molar-refractivity contribution in [3.8, 4) is 0 Å². The Morgan fingerprint density at radius 3 is 2.52 bits per heavy atom. The maximum atomic E-state index is 12.6. The molecule has 0 saturated heterocycles. The van der Waals surface area contributed by atoms with Crippen LogP contribution in [0.1, 0.15) is 15.2 Å². The molecule has 21 heavy (non-hydrogen) atoms. The van der Waals surface area contributed by atoms with Gasteiger partial charge in [-0.15, -0.1) is 11.3 Å². The lowest BCUT2D eigenvalue weighted by molar-refractivity contribution is 0.0602. The van der Waals surface area contributed by atoms with Gasteiger partial charge < -0.3 is 4.74 Å². The van der Waals surface area contributed by atoms with Crippen LogP contribution in [0.25, 0.3) is 0 Å². The normalized spacial score (nSPS) is 11.6. The fraction of sp³-hybridized carbons (Fsp3) is 0.214. The Morgan fingerprint density at radius 1 is 1.24 bits per heavy atom. The van der Waals surface area contributed by atoms with Crippen molar-refractivity contribution in [2.75, 3.05) is 14.2 Å². The van der Waals surface area contributed by atoms with Gasteiger partial charge in [0.25, 0.3) is 0 Å². The van der Waals surface area contributed by atoms with Gasteiger partial charge in [0.1, 0.15) is 9.77 Å². The number of carbonyl (C=O) groups excluding carboxylic acids is 1. The third-order valence-electron chi connectivity index (χ3n) is 2.94. The second kappa shape index (κ2) is 6.38. The number of hydrogen-bond donors (Lipinski definition) is 0. The first kappa shape index (κ1) is 15.7. The topological polar surface area (TPSA) is 63.7 Å². The predicted octanol–water partition coefficient (Wildman–Crippen LogP) is 2.36. The van der Waals surface area contributed by atoms with Gasteiger partial charge >= 0.3 is 5.97 Å². The molecule has 1 aromatic carbocycles. The Balaban J connectivity index is 2.30. The first-order valence-corrected chi connectivity index (χ1v) is 8.45. The summed E-state index contributed by atoms with van der Waals surface area (Å²) >= 11 is 1.05. The number of thiophene rings is 1. The number of nitrogens with zero attached hydrogens (tertiary/aromatic N) is 1. The van der Waals surface area contributed by atoms with E-state index in [1.165, 1.54) is 24.5 Å². The number of rotatable bonds is 5. The lowest BCUT2D eigenvalue weighted by Crippen LogP contribution is -2.27. The first-order chi connectivity index (χ1) is 9.96. The molecule has 0 amide bonds. The number of methoxy groups -OCH3 is 1. The zero-order valence-electron chi connectivity index (χ0n) is 11.6. The van der Waals surface area contributed by atoms with Crippen LogP contribution in [0.15, 0.2) is 46.7 Å². The molecule has 0 bridgehead atoms. The van der Waals surface area contributed by atoms with E-state index in [2.05, 4.69) is 4.74 Å². The number of sulfonamides is 1. The summed E-state index contributed by atoms with van der Waals surface area (Å²) in [6, 6.07) is 10.7. The summed E-state index contributed by atoms with van der Waals surface area (Å²) in [7, 11) is -1.02. The third kappa shape index (κ3) is 3.31. The van der Waals surface area contributed by atoms with Gasteiger partial charge in [0.15, 0.2) is 0 Å². The maximum absolute atomic E-state index is 12.6. The molecule has 0 spiro atoms. The van der Waals surface area contributed by atoms with Crippen LogP contribution >= 0.6 is 11.3 Å². The van der Waals surface area contributed by atoms with Crippen molar-refractivity contribution >= 4 is 27.3 Å². The average Bonchev–Trinajstić information content (AvgIpc) is 2.97. The highest BCUT2D eigenvalue weighted by Crippen LogP contribution is 2.26. The third-order valence-corrected chi connectivity index (χ3v) is 5.81. The van der Waals surface area contributed by atoms with E-state index in [-0.39, 0.29) is 16.3 Å². The number of ether oxygens (including phenoxy) is 1. The molecule has 7 heteroatoms. The molecule has 0 aliphatic heterocycles. The molecule has 0 N–H and O–H groups in total. The molecule has 0 fully saturated rings. The van der Waals surface area contributed by atoms with Crippen LogP contribution in [0.5, 0.6) is 0 Å². The molecule has 0 radical (unpaired) electrons. The van der Waals surface area contributed by atoms with Crippen LogP contribution in [-0.2, 0) is 21.3 Å². The lowest BCUT2D eigenvalue weighted by atomic mass is 10.2. The molecular formula is C14H15NO4S2. The van der Waals surface area contributed by atoms with Gasteiger partial charge in [-0.25, -0.2) is 13.2 Å². The average molecular weight is 325 g/mol. The second-order valence-electron chi connectivity index (χ2n) is 4.35. The smallest absolute Gasteiger partial charge is 0.349 e. The molecule has 5 nitrogen and oxygen atoms in total. The zero-order chi connectivity index (χ0) is 15.5. The van der Waals surface area contributed by atoms with Crippen LogP contribution in [0.3, 0.4) is 0 Å². The Kier molecular flexibility index (Phi) is 4.76. The highest BCUT2D eigenvalue weighted by atomic mass is 32.2. The van der Waals surface area contributed by atoms with Crippen LogP contribution in [0.4, 0.5) is 0 Å². The standard InChI is InChI=1S/C14H15NO4S2/c1-15(10-11-6-4-3-5-7-11)21(17,18)12-8-9-20-13(12)14(16)19-2/h3-9H,10H2,1-2H3. The molecule has 0 aliphatic carbocycles. The van der Waals surface area contributed by atoms with E-state index in [0.29, 0.717) is 0 Å². The van der Waals surface area contributed by atoms with Crippen molar-refractivity contribution in [3.05, 3.63) is 52.2 Å². The first-order valence-electron chi connectivity index (χ1n) is 6.13. The van der Waals surface area contributed by atoms with Crippen molar-refractivity contribution in [1.29, 1.82) is 0 Å². The second-order valence-corrected chi connectivity index (χ2v) is 7.28. The molecule has 0 aliphatic rings. The summed E-state index contributed by atoms with van der Waals surface area (Å²) in [4.78, 5) is 11.7. The van der Waals surface area contributed by atoms with E-state index in [1.807, 2.05) is 30.3 Å². The van der Waals surface area contributed by atoms with Gasteiger partial charge in [-0.2, -0.15) is 4.31 Å². The van der Waals surface area contributed by atoms with Crippen molar-refractivity contribution in [3.63, 3.8) is 0 Å². The van der Waals surface area contributed by atoms with Crippen molar-refractivity contribution < 1.29 is 17.9 Å². The van der Waals surface area contributed by atoms with Gasteiger partial charge in [0.2, 0.25) is 10.0 Å². The summed E-state index contributed by atoms with van der Waals surface area (Å²) in [5.41, 5.74) is 0.874. The molecular weight excluding hydrogens is 310 g/mol. The molecule has 2 aromatic rings. The maximum Gasteiger partial charge on any atom is 0.349 e. The monoisotopic (exact) mass is 325 g/mol. The van der Waals surface area contributed by atoms with Crippen LogP contribution in [-0.4, -0.2) is 32.8 Å². The minimum atomic E-state index is -3.74. The highest BCUT2D eigenvalue weighted by molar-refractivity contribution is 7.89. The molecule has 0 atom stereocenters. The van der Waals surface area contributed by atoms with Crippen molar-refractivity contribution in [1.82, 2.24) is 4.31 Å². The van der Waals surface area contributed by atoms with Crippen LogP contribution < -0.4 is 0 Å². The van der Waals surface area contributed by atoms with Crippen molar-refractivity contribution in [2.24, 2.45) is 0 Å². The van der Waals surface area contributed by atoms with Gasteiger partial charge in [0, 0.05) is 13.6 Å². The number of carbonyl (C=O) groups is 1. The van der Waals surface area contributed by atoms with E-state index < -0.39 is 16.0 Å². The molecule has 0 unspecified atom stereocenters. The Bertz CT molecular complexity index is 722. The summed E-state index contributed by atoms with van der Waals surface area (Å²) in [5.74, 6) is -0.642. The van der Waals surface area contributed by atoms with E-state index in [4.69, 9.17) is 0 Å². The van der Waals surface area contributed by atoms with Gasteiger partial charge in [-0.1, -0.05) is 30.3 Å². The molecule has 2 rings (SSSR count). The van der Waals surface area contributed by atoms with E-state index in [0.717, 1.165) is 16.9 Å². The number of benzene rings is 1. The van der Waals surface area contributed by atoms with Gasteiger partial charge in [-0.05, 0) is 17.0 Å². The minimum absolute atomic E-state index is 0.0159. The molecule has 1 heterocycles. The summed E-state index contributed by atoms with van der Waals surface area (Å²) in [6.07, 6.45) is 0. The Hall–Kier alpha value is -1.70. The Morgan fingerprint density at radius 2 is 1.90 bits per heavy atom. The largest absolute Gasteiger partial charge is 0.465 e. The highest BCUT2D eigenvalue weighted by Gasteiger charge is 2.28. The zero-order valence-corrected chi connectivity index (χ0v) is 13.3. The lowest BCUT2D eigenvalue weighted by Gasteiger charge is -2.17. The van der Waals surface area contributed by atoms with E-state index >= 15 is 0 Å². The molecule has 112 valence electrons. The van der Waals surface area contributed by atoms with E-state index in [9.17, 15) is 13.2 Å². The van der Waals surface area contributed by atoms with Gasteiger partial charge in [-0.3, -0.25) is 0 Å². The molecule has 0 saturated carbocycles. The number of hydrogen-bond acceptors (Lipinski definition) is 5. The van der Waals surface area contributed by atoms with Crippen LogP contribution in [0, 0.1) is 0 Å². The quantitative estimate of drug-likeness (QED) is 0.792. The Labute approximate surface area is 127 Å². The SMILES string of the molecule is COC(=O)c1sccc1S(=O)(=O)N(C)Cc1ccccc1. The summed E-state index contributed by atoms with van der Waals surface area (Å²) in [5, 5.41) is 1.56. The van der Waals surface area contributed by atoms with Crippen LogP contribution in [0.2, 0.25) is 0 Å². The fourth-order valence-electron chi connectivity index (χ4n) is 1.84. The number of esters is 1. The van der Waals surface area contributed by atoms with Crippen molar-refractivity contribution in [2.45, 2.75) is 11.4 Å². The fourth-order valence-corrected chi connectivity index (χ4v) is 4.30. The molecule has 1 aromatic heterocycles. The van der Waals surface area contributed by atoms with Gasteiger partial charge in [0.05, 0.1) is 7.11 Å². The summed E-state index contributed by atoms with van der Waals surface area (Å²) in [6.45, 7) is 0.236. The van der Waals surface area contributed by atoms with E-state index in [1.54, 1.807) is 5.38 Å². The predicted molar refractivity (Wildman–Crippen MR) is 80.8 cm³/mol.